The van der Waals surface area contributed by atoms with Crippen LogP contribution >= 0.6 is 27.3 Å². The molecule has 2 aromatic carbocycles. The largest absolute Gasteiger partial charge is 0.352 e. The van der Waals surface area contributed by atoms with E-state index >= 15 is 0 Å². The Morgan fingerprint density at radius 2 is 1.57 bits per heavy atom. The van der Waals surface area contributed by atoms with Gasteiger partial charge in [-0.05, 0) is 54.1 Å². The molecule has 0 saturated heterocycles. The number of benzene rings is 2. The number of halogens is 2. The lowest BCUT2D eigenvalue weighted by Crippen LogP contribution is -2.42. The highest BCUT2D eigenvalue weighted by molar-refractivity contribution is 9.10. The van der Waals surface area contributed by atoms with E-state index < -0.39 is 11.8 Å². The van der Waals surface area contributed by atoms with Crippen molar-refractivity contribution >= 4 is 45.0 Å². The minimum atomic E-state index is -0.458. The molecule has 154 valence electrons. The standard InChI is InChI=1S/C21H17BrFN3O3S/c22-15-5-1-14(2-6-15)20(28)24-12-11-19(27)25-26-21(29)18-10-9-17(30-18)13-3-7-16(23)8-4-13/h1-10H,11-12H2,(H,24,28)(H,25,27)(H,26,29). The van der Waals surface area contributed by atoms with Gasteiger partial charge in [-0.3, -0.25) is 25.2 Å². The zero-order chi connectivity index (χ0) is 21.5. The Kier molecular flexibility index (Phi) is 7.31. The highest BCUT2D eigenvalue weighted by Gasteiger charge is 2.12. The Labute approximate surface area is 184 Å². The second-order valence-corrected chi connectivity index (χ2v) is 8.19. The molecule has 1 aromatic heterocycles. The molecule has 3 rings (SSSR count). The molecule has 9 heteroatoms. The molecule has 0 saturated carbocycles. The van der Waals surface area contributed by atoms with Gasteiger partial charge in [0.05, 0.1) is 4.88 Å². The number of carbonyl (C=O) groups excluding carboxylic acids is 3. The first-order valence-corrected chi connectivity index (χ1v) is 10.5. The third kappa shape index (κ3) is 5.98. The molecule has 0 atom stereocenters. The number of rotatable bonds is 6. The first-order valence-electron chi connectivity index (χ1n) is 8.91. The average Bonchev–Trinajstić information content (AvgIpc) is 3.23. The smallest absolute Gasteiger partial charge is 0.279 e. The number of amides is 3. The van der Waals surface area contributed by atoms with E-state index in [0.29, 0.717) is 10.4 Å². The number of hydrogen-bond donors (Lipinski definition) is 3. The van der Waals surface area contributed by atoms with Crippen molar-refractivity contribution in [2.45, 2.75) is 6.42 Å². The fraction of sp³-hybridized carbons (Fsp3) is 0.0952. The van der Waals surface area contributed by atoms with Crippen molar-refractivity contribution in [3.8, 4) is 10.4 Å². The molecule has 3 aromatic rings. The van der Waals surface area contributed by atoms with Crippen molar-refractivity contribution in [2.24, 2.45) is 0 Å². The molecule has 0 aliphatic rings. The maximum atomic E-state index is 13.0. The third-order valence-corrected chi connectivity index (χ3v) is 5.68. The van der Waals surface area contributed by atoms with E-state index in [-0.39, 0.29) is 24.7 Å². The van der Waals surface area contributed by atoms with E-state index in [1.165, 1.54) is 23.5 Å². The van der Waals surface area contributed by atoms with Crippen LogP contribution < -0.4 is 16.2 Å². The van der Waals surface area contributed by atoms with Crippen LogP contribution in [-0.4, -0.2) is 24.3 Å². The lowest BCUT2D eigenvalue weighted by atomic mass is 10.2. The molecule has 30 heavy (non-hydrogen) atoms. The number of hydrogen-bond acceptors (Lipinski definition) is 4. The van der Waals surface area contributed by atoms with Gasteiger partial charge in [0, 0.05) is 27.9 Å². The fourth-order valence-electron chi connectivity index (χ4n) is 2.47. The van der Waals surface area contributed by atoms with Crippen molar-refractivity contribution in [2.75, 3.05) is 6.54 Å². The summed E-state index contributed by atoms with van der Waals surface area (Å²) in [5.41, 5.74) is 5.95. The first kappa shape index (κ1) is 21.7. The summed E-state index contributed by atoms with van der Waals surface area (Å²) in [5.74, 6) is -1.51. The van der Waals surface area contributed by atoms with Gasteiger partial charge in [0.1, 0.15) is 5.82 Å². The summed E-state index contributed by atoms with van der Waals surface area (Å²) in [6.45, 7) is 0.129. The van der Waals surface area contributed by atoms with Crippen LogP contribution in [0.1, 0.15) is 26.5 Å². The minimum absolute atomic E-state index is 0.00776. The summed E-state index contributed by atoms with van der Waals surface area (Å²) in [4.78, 5) is 37.3. The molecule has 0 unspecified atom stereocenters. The molecule has 0 bridgehead atoms. The molecule has 0 aliphatic heterocycles. The molecule has 3 amide bonds. The van der Waals surface area contributed by atoms with Gasteiger partial charge in [0.2, 0.25) is 5.91 Å². The van der Waals surface area contributed by atoms with Crippen LogP contribution in [0.5, 0.6) is 0 Å². The van der Waals surface area contributed by atoms with E-state index in [4.69, 9.17) is 0 Å². The summed E-state index contributed by atoms with van der Waals surface area (Å²) in [7, 11) is 0. The summed E-state index contributed by atoms with van der Waals surface area (Å²) in [5, 5.41) is 2.64. The topological polar surface area (TPSA) is 87.3 Å². The Hall–Kier alpha value is -3.04. The second kappa shape index (κ2) is 10.1. The Balaban J connectivity index is 1.42. The summed E-state index contributed by atoms with van der Waals surface area (Å²) in [6.07, 6.45) is 0.00776. The summed E-state index contributed by atoms with van der Waals surface area (Å²) in [6, 6.07) is 16.2. The lowest BCUT2D eigenvalue weighted by Gasteiger charge is -2.07. The van der Waals surface area contributed by atoms with Gasteiger partial charge >= 0.3 is 0 Å². The zero-order valence-electron chi connectivity index (χ0n) is 15.6. The number of thiophene rings is 1. The quantitative estimate of drug-likeness (QED) is 0.459. The van der Waals surface area contributed by atoms with Crippen LogP contribution in [0.25, 0.3) is 10.4 Å². The molecule has 0 spiro atoms. The Morgan fingerprint density at radius 3 is 2.27 bits per heavy atom. The van der Waals surface area contributed by atoms with Crippen molar-refractivity contribution in [3.05, 3.63) is 81.4 Å². The maximum Gasteiger partial charge on any atom is 0.279 e. The van der Waals surface area contributed by atoms with Gasteiger partial charge in [0.25, 0.3) is 11.8 Å². The van der Waals surface area contributed by atoms with Crippen LogP contribution in [0.3, 0.4) is 0 Å². The van der Waals surface area contributed by atoms with Crippen LogP contribution in [0, 0.1) is 5.82 Å². The van der Waals surface area contributed by atoms with Crippen LogP contribution in [-0.2, 0) is 4.79 Å². The minimum Gasteiger partial charge on any atom is -0.352 e. The van der Waals surface area contributed by atoms with Crippen LogP contribution in [0.2, 0.25) is 0 Å². The van der Waals surface area contributed by atoms with Crippen LogP contribution in [0.4, 0.5) is 4.39 Å². The van der Waals surface area contributed by atoms with Crippen molar-refractivity contribution in [1.29, 1.82) is 0 Å². The maximum absolute atomic E-state index is 13.0. The lowest BCUT2D eigenvalue weighted by molar-refractivity contribution is -0.121. The molecule has 6 nitrogen and oxygen atoms in total. The fourth-order valence-corrected chi connectivity index (χ4v) is 3.64. The summed E-state index contributed by atoms with van der Waals surface area (Å²) >= 11 is 4.52. The number of carbonyl (C=O) groups is 3. The zero-order valence-corrected chi connectivity index (χ0v) is 18.0. The molecule has 0 fully saturated rings. The van der Waals surface area contributed by atoms with Gasteiger partial charge in [0.15, 0.2) is 0 Å². The second-order valence-electron chi connectivity index (χ2n) is 6.19. The van der Waals surface area contributed by atoms with Crippen molar-refractivity contribution in [1.82, 2.24) is 16.2 Å². The van der Waals surface area contributed by atoms with E-state index in [2.05, 4.69) is 32.1 Å². The third-order valence-electron chi connectivity index (χ3n) is 4.02. The van der Waals surface area contributed by atoms with E-state index in [1.54, 1.807) is 48.5 Å². The molecular formula is C21H17BrFN3O3S. The molecular weight excluding hydrogens is 473 g/mol. The molecule has 0 aliphatic carbocycles. The highest BCUT2D eigenvalue weighted by atomic mass is 79.9. The van der Waals surface area contributed by atoms with Gasteiger partial charge in [-0.25, -0.2) is 4.39 Å². The Morgan fingerprint density at radius 1 is 0.867 bits per heavy atom. The number of hydrazine groups is 1. The SMILES string of the molecule is O=C(CCNC(=O)c1ccc(Br)cc1)NNC(=O)c1ccc(-c2ccc(F)cc2)s1. The van der Waals surface area contributed by atoms with Crippen molar-refractivity contribution < 1.29 is 18.8 Å². The predicted molar refractivity (Wildman–Crippen MR) is 116 cm³/mol. The first-order chi connectivity index (χ1) is 14.4. The molecule has 3 N–H and O–H groups in total. The van der Waals surface area contributed by atoms with Gasteiger partial charge < -0.3 is 5.32 Å². The van der Waals surface area contributed by atoms with Gasteiger partial charge in [-0.15, -0.1) is 11.3 Å². The number of nitrogens with one attached hydrogen (secondary N) is 3. The monoisotopic (exact) mass is 489 g/mol. The molecule has 0 radical (unpaired) electrons. The van der Waals surface area contributed by atoms with Crippen LogP contribution in [0.15, 0.2) is 65.1 Å². The van der Waals surface area contributed by atoms with Crippen molar-refractivity contribution in [3.63, 3.8) is 0 Å². The van der Waals surface area contributed by atoms with E-state index in [1.807, 2.05) is 0 Å². The normalized spacial score (nSPS) is 10.3. The predicted octanol–water partition coefficient (Wildman–Crippen LogP) is 3.90. The van der Waals surface area contributed by atoms with E-state index in [0.717, 1.165) is 14.9 Å². The van der Waals surface area contributed by atoms with E-state index in [9.17, 15) is 18.8 Å². The summed E-state index contributed by atoms with van der Waals surface area (Å²) < 4.78 is 13.9. The molecule has 1 heterocycles. The highest BCUT2D eigenvalue weighted by Crippen LogP contribution is 2.28. The van der Waals surface area contributed by atoms with Gasteiger partial charge in [-0.2, -0.15) is 0 Å². The van der Waals surface area contributed by atoms with Gasteiger partial charge in [-0.1, -0.05) is 28.1 Å². The Bertz CT molecular complexity index is 1050. The average molecular weight is 490 g/mol.